The largest absolute Gasteiger partial charge is 0.497 e. The van der Waals surface area contributed by atoms with Crippen molar-refractivity contribution in [2.45, 2.75) is 0 Å². The van der Waals surface area contributed by atoms with E-state index in [1.807, 2.05) is 73.6 Å². The summed E-state index contributed by atoms with van der Waals surface area (Å²) in [5.74, 6) is 1.15. The molecular formula is C21H25NO4. The lowest BCUT2D eigenvalue weighted by Crippen LogP contribution is -2.20. The average molecular weight is 355 g/mol. The number of hydrogen-bond donors (Lipinski definition) is 0. The minimum atomic E-state index is -0.354. The first kappa shape index (κ1) is 19.5. The molecule has 2 aromatic carbocycles. The molecule has 0 atom stereocenters. The van der Waals surface area contributed by atoms with Crippen molar-refractivity contribution in [3.8, 4) is 11.5 Å². The second-order valence-corrected chi connectivity index (χ2v) is 6.00. The van der Waals surface area contributed by atoms with Crippen LogP contribution in [0.15, 0.2) is 48.5 Å². The quantitative estimate of drug-likeness (QED) is 0.413. The van der Waals surface area contributed by atoms with Gasteiger partial charge in [-0.1, -0.05) is 24.3 Å². The molecule has 0 amide bonds. The van der Waals surface area contributed by atoms with Crippen molar-refractivity contribution < 1.29 is 19.0 Å². The highest BCUT2D eigenvalue weighted by Gasteiger charge is 2.14. The molecule has 0 spiro atoms. The Morgan fingerprint density at radius 3 is 1.96 bits per heavy atom. The Balaban J connectivity index is 2.29. The molecule has 0 saturated carbocycles. The molecule has 0 fully saturated rings. The van der Waals surface area contributed by atoms with Gasteiger partial charge in [0.25, 0.3) is 0 Å². The van der Waals surface area contributed by atoms with Crippen LogP contribution in [0.25, 0.3) is 11.6 Å². The molecule has 5 heteroatoms. The zero-order chi connectivity index (χ0) is 18.9. The number of ether oxygens (including phenoxy) is 3. The molecule has 26 heavy (non-hydrogen) atoms. The van der Waals surface area contributed by atoms with Gasteiger partial charge in [0.2, 0.25) is 0 Å². The van der Waals surface area contributed by atoms with Crippen molar-refractivity contribution in [3.63, 3.8) is 0 Å². The fourth-order valence-electron chi connectivity index (χ4n) is 2.30. The number of esters is 1. The fraction of sp³-hybridized carbons (Fsp3) is 0.286. The van der Waals surface area contributed by atoms with Gasteiger partial charge >= 0.3 is 5.97 Å². The second kappa shape index (κ2) is 9.63. The second-order valence-electron chi connectivity index (χ2n) is 6.00. The molecule has 0 aliphatic rings. The first-order valence-electron chi connectivity index (χ1n) is 8.35. The average Bonchev–Trinajstić information content (AvgIpc) is 2.66. The van der Waals surface area contributed by atoms with Gasteiger partial charge in [0.05, 0.1) is 19.8 Å². The maximum atomic E-state index is 12.6. The smallest absolute Gasteiger partial charge is 0.338 e. The zero-order valence-corrected chi connectivity index (χ0v) is 15.7. The third-order valence-electron chi connectivity index (χ3n) is 3.82. The SMILES string of the molecule is COc1ccc(C=C(C(=O)OCCN(C)C)c2ccc(OC)cc2)cc1. The summed E-state index contributed by atoms with van der Waals surface area (Å²) < 4.78 is 15.8. The van der Waals surface area contributed by atoms with E-state index in [0.29, 0.717) is 18.7 Å². The highest BCUT2D eigenvalue weighted by atomic mass is 16.5. The third-order valence-corrected chi connectivity index (χ3v) is 3.82. The van der Waals surface area contributed by atoms with Crippen LogP contribution in [0.5, 0.6) is 11.5 Å². The summed E-state index contributed by atoms with van der Waals surface area (Å²) in [5, 5.41) is 0. The number of methoxy groups -OCH3 is 2. The van der Waals surface area contributed by atoms with Crippen LogP contribution in [-0.4, -0.2) is 52.3 Å². The van der Waals surface area contributed by atoms with Gasteiger partial charge in [-0.15, -0.1) is 0 Å². The van der Waals surface area contributed by atoms with E-state index >= 15 is 0 Å². The normalized spacial score (nSPS) is 11.3. The summed E-state index contributed by atoms with van der Waals surface area (Å²) in [5.41, 5.74) is 2.16. The van der Waals surface area contributed by atoms with Crippen LogP contribution in [0, 0.1) is 0 Å². The Kier molecular flexibility index (Phi) is 7.24. The van der Waals surface area contributed by atoms with E-state index in [1.165, 1.54) is 0 Å². The molecule has 0 aromatic heterocycles. The maximum Gasteiger partial charge on any atom is 0.338 e. The van der Waals surface area contributed by atoms with Crippen LogP contribution in [0.1, 0.15) is 11.1 Å². The van der Waals surface area contributed by atoms with Gasteiger partial charge in [0.1, 0.15) is 18.1 Å². The van der Waals surface area contributed by atoms with Crippen molar-refractivity contribution in [1.82, 2.24) is 4.90 Å². The lowest BCUT2D eigenvalue weighted by Gasteiger charge is -2.12. The van der Waals surface area contributed by atoms with Crippen LogP contribution in [0.3, 0.4) is 0 Å². The van der Waals surface area contributed by atoms with Gasteiger partial charge in [0, 0.05) is 6.54 Å². The molecule has 2 aromatic rings. The minimum absolute atomic E-state index is 0.335. The maximum absolute atomic E-state index is 12.6. The minimum Gasteiger partial charge on any atom is -0.497 e. The summed E-state index contributed by atoms with van der Waals surface area (Å²) >= 11 is 0. The monoisotopic (exact) mass is 355 g/mol. The molecule has 0 bridgehead atoms. The third kappa shape index (κ3) is 5.63. The van der Waals surface area contributed by atoms with E-state index in [1.54, 1.807) is 14.2 Å². The Bertz CT molecular complexity index is 734. The summed E-state index contributed by atoms with van der Waals surface area (Å²) in [6.07, 6.45) is 1.82. The Morgan fingerprint density at radius 2 is 1.46 bits per heavy atom. The van der Waals surface area contributed by atoms with Crippen molar-refractivity contribution in [3.05, 3.63) is 59.7 Å². The number of nitrogens with zero attached hydrogens (tertiary/aromatic N) is 1. The van der Waals surface area contributed by atoms with E-state index in [-0.39, 0.29) is 5.97 Å². The van der Waals surface area contributed by atoms with Crippen LogP contribution in [0.2, 0.25) is 0 Å². The summed E-state index contributed by atoms with van der Waals surface area (Å²) in [6, 6.07) is 14.9. The predicted molar refractivity (Wildman–Crippen MR) is 103 cm³/mol. The molecule has 2 rings (SSSR count). The van der Waals surface area contributed by atoms with E-state index in [4.69, 9.17) is 14.2 Å². The molecule has 138 valence electrons. The molecule has 0 unspecified atom stereocenters. The molecule has 0 aliphatic heterocycles. The summed E-state index contributed by atoms with van der Waals surface area (Å²) in [4.78, 5) is 14.6. The van der Waals surface area contributed by atoms with Crippen LogP contribution in [0.4, 0.5) is 0 Å². The zero-order valence-electron chi connectivity index (χ0n) is 15.7. The molecule has 0 aliphatic carbocycles. The van der Waals surface area contributed by atoms with Crippen molar-refractivity contribution in [2.24, 2.45) is 0 Å². The lowest BCUT2D eigenvalue weighted by molar-refractivity contribution is -0.136. The molecule has 0 heterocycles. The highest BCUT2D eigenvalue weighted by molar-refractivity contribution is 6.21. The van der Waals surface area contributed by atoms with Gasteiger partial charge in [-0.2, -0.15) is 0 Å². The molecule has 5 nitrogen and oxygen atoms in total. The Hall–Kier alpha value is -2.79. The Morgan fingerprint density at radius 1 is 0.923 bits per heavy atom. The standard InChI is InChI=1S/C21H25NO4/c1-22(2)13-14-26-21(23)20(17-7-11-19(25-4)12-8-17)15-16-5-9-18(24-3)10-6-16/h5-12,15H,13-14H2,1-4H3. The van der Waals surface area contributed by atoms with Gasteiger partial charge < -0.3 is 19.1 Å². The first-order valence-corrected chi connectivity index (χ1v) is 8.35. The number of hydrogen-bond acceptors (Lipinski definition) is 5. The molecular weight excluding hydrogens is 330 g/mol. The van der Waals surface area contributed by atoms with Crippen LogP contribution in [-0.2, 0) is 9.53 Å². The van der Waals surface area contributed by atoms with Gasteiger partial charge in [0.15, 0.2) is 0 Å². The fourth-order valence-corrected chi connectivity index (χ4v) is 2.30. The number of likely N-dealkylation sites (N-methyl/N-ethyl adjacent to an activating group) is 1. The first-order chi connectivity index (χ1) is 12.5. The van der Waals surface area contributed by atoms with E-state index < -0.39 is 0 Å². The topological polar surface area (TPSA) is 48.0 Å². The van der Waals surface area contributed by atoms with Crippen molar-refractivity contribution in [2.75, 3.05) is 41.5 Å². The van der Waals surface area contributed by atoms with E-state index in [9.17, 15) is 4.79 Å². The number of rotatable bonds is 8. The summed E-state index contributed by atoms with van der Waals surface area (Å²) in [6.45, 7) is 1.01. The predicted octanol–water partition coefficient (Wildman–Crippen LogP) is 3.35. The molecule has 0 radical (unpaired) electrons. The number of carbonyl (C=O) groups is 1. The number of benzene rings is 2. The Labute approximate surface area is 154 Å². The molecule has 0 N–H and O–H groups in total. The molecule has 0 saturated heterocycles. The van der Waals surface area contributed by atoms with Crippen molar-refractivity contribution >= 4 is 17.6 Å². The number of carbonyl (C=O) groups excluding carboxylic acids is 1. The van der Waals surface area contributed by atoms with Crippen LogP contribution >= 0.6 is 0 Å². The van der Waals surface area contributed by atoms with Gasteiger partial charge in [-0.25, -0.2) is 4.79 Å². The van der Waals surface area contributed by atoms with E-state index in [0.717, 1.165) is 22.6 Å². The highest BCUT2D eigenvalue weighted by Crippen LogP contribution is 2.23. The van der Waals surface area contributed by atoms with Gasteiger partial charge in [-0.3, -0.25) is 0 Å². The van der Waals surface area contributed by atoms with Crippen molar-refractivity contribution in [1.29, 1.82) is 0 Å². The summed E-state index contributed by atoms with van der Waals surface area (Å²) in [7, 11) is 7.10. The van der Waals surface area contributed by atoms with E-state index in [2.05, 4.69) is 0 Å². The lowest BCUT2D eigenvalue weighted by atomic mass is 10.0. The van der Waals surface area contributed by atoms with Crippen LogP contribution < -0.4 is 9.47 Å². The van der Waals surface area contributed by atoms with Gasteiger partial charge in [-0.05, 0) is 55.6 Å².